The fourth-order valence-electron chi connectivity index (χ4n) is 2.52. The van der Waals surface area contributed by atoms with E-state index in [4.69, 9.17) is 23.2 Å². The van der Waals surface area contributed by atoms with Gasteiger partial charge in [-0.1, -0.05) is 23.2 Å². The molecule has 3 rings (SSSR count). The van der Waals surface area contributed by atoms with Crippen LogP contribution in [0.4, 0.5) is 27.6 Å². The Morgan fingerprint density at radius 2 is 1.87 bits per heavy atom. The smallest absolute Gasteiger partial charge is 0.432 e. The van der Waals surface area contributed by atoms with Crippen molar-refractivity contribution in [3.8, 4) is 5.75 Å². The normalized spacial score (nSPS) is 11.7. The molecule has 2 aromatic heterocycles. The molecule has 6 nitrogen and oxygen atoms in total. The lowest BCUT2D eigenvalue weighted by atomic mass is 10.1. The molecular weight excluding hydrogens is 460 g/mol. The minimum Gasteiger partial charge on any atom is -0.432 e. The number of aromatic amines is 1. The number of anilines is 1. The third kappa shape index (κ3) is 4.31. The molecule has 0 aliphatic carbocycles. The largest absolute Gasteiger partial charge is 0.433 e. The van der Waals surface area contributed by atoms with Gasteiger partial charge in [-0.2, -0.15) is 22.0 Å². The summed E-state index contributed by atoms with van der Waals surface area (Å²) in [7, 11) is 0. The van der Waals surface area contributed by atoms with Crippen molar-refractivity contribution in [2.75, 3.05) is 5.32 Å². The van der Waals surface area contributed by atoms with Crippen LogP contribution in [0.2, 0.25) is 10.0 Å². The Morgan fingerprint density at radius 3 is 2.50 bits per heavy atom. The summed E-state index contributed by atoms with van der Waals surface area (Å²) >= 11 is 11.7. The average Bonchev–Trinajstić information content (AvgIpc) is 2.67. The third-order valence-electron chi connectivity index (χ3n) is 3.80. The van der Waals surface area contributed by atoms with Crippen LogP contribution >= 0.6 is 23.2 Å². The first-order valence-corrected chi connectivity index (χ1v) is 8.58. The number of pyridine rings is 2. The minimum absolute atomic E-state index is 0.118. The number of hydrogen-bond donors (Lipinski definition) is 2. The summed E-state index contributed by atoms with van der Waals surface area (Å²) in [5.41, 5.74) is -3.22. The first kappa shape index (κ1) is 21.8. The van der Waals surface area contributed by atoms with Crippen LogP contribution in [-0.4, -0.2) is 22.5 Å². The van der Waals surface area contributed by atoms with Crippen molar-refractivity contribution in [1.82, 2.24) is 9.97 Å². The number of fused-ring (bicyclic) bond motifs is 1. The number of hydrogen-bond acceptors (Lipinski definition) is 4. The Bertz CT molecular complexity index is 1200. The zero-order valence-corrected chi connectivity index (χ0v) is 15.8. The van der Waals surface area contributed by atoms with Crippen molar-refractivity contribution in [2.24, 2.45) is 0 Å². The highest BCUT2D eigenvalue weighted by Gasteiger charge is 2.33. The quantitative estimate of drug-likeness (QED) is 0.522. The summed E-state index contributed by atoms with van der Waals surface area (Å²) in [5.74, 6) is -1.59. The Kier molecular flexibility index (Phi) is 5.86. The van der Waals surface area contributed by atoms with Crippen molar-refractivity contribution < 1.29 is 31.5 Å². The SMILES string of the molecule is O=C(Nc1c(Cl)c[nH]c(=O)c1Cl)c1ccc(OC(F)F)c2nc(C(F)(F)F)ccc12. The van der Waals surface area contributed by atoms with Crippen LogP contribution < -0.4 is 15.6 Å². The van der Waals surface area contributed by atoms with Crippen LogP contribution in [0.3, 0.4) is 0 Å². The van der Waals surface area contributed by atoms with Gasteiger partial charge >= 0.3 is 12.8 Å². The average molecular weight is 468 g/mol. The monoisotopic (exact) mass is 467 g/mol. The van der Waals surface area contributed by atoms with Crippen molar-refractivity contribution >= 4 is 45.7 Å². The topological polar surface area (TPSA) is 84.1 Å². The second kappa shape index (κ2) is 8.07. The lowest BCUT2D eigenvalue weighted by Crippen LogP contribution is -2.17. The number of benzene rings is 1. The van der Waals surface area contributed by atoms with Gasteiger partial charge < -0.3 is 15.0 Å². The minimum atomic E-state index is -4.86. The lowest BCUT2D eigenvalue weighted by Gasteiger charge is -2.14. The molecule has 0 aliphatic rings. The molecule has 3 aromatic rings. The number of carbonyl (C=O) groups excluding carboxylic acids is 1. The molecule has 30 heavy (non-hydrogen) atoms. The number of carbonyl (C=O) groups is 1. The van der Waals surface area contributed by atoms with Crippen LogP contribution in [0.1, 0.15) is 16.1 Å². The molecule has 0 aliphatic heterocycles. The highest BCUT2D eigenvalue weighted by Crippen LogP contribution is 2.34. The number of rotatable bonds is 4. The first-order chi connectivity index (χ1) is 14.0. The number of halogens is 7. The molecule has 1 amide bonds. The van der Waals surface area contributed by atoms with Crippen molar-refractivity contribution in [3.63, 3.8) is 0 Å². The number of aromatic nitrogens is 2. The molecule has 13 heteroatoms. The van der Waals surface area contributed by atoms with E-state index in [0.717, 1.165) is 24.4 Å². The maximum absolute atomic E-state index is 13.0. The Balaban J connectivity index is 2.14. The molecule has 2 N–H and O–H groups in total. The molecule has 2 heterocycles. The summed E-state index contributed by atoms with van der Waals surface area (Å²) in [6.07, 6.45) is -3.79. The highest BCUT2D eigenvalue weighted by molar-refractivity contribution is 6.39. The summed E-state index contributed by atoms with van der Waals surface area (Å²) in [6, 6.07) is 3.38. The molecule has 0 bridgehead atoms. The Hall–Kier alpha value is -2.92. The van der Waals surface area contributed by atoms with Gasteiger partial charge in [0.2, 0.25) is 0 Å². The molecule has 0 atom stereocenters. The van der Waals surface area contributed by atoms with Gasteiger partial charge in [-0.25, -0.2) is 4.98 Å². The maximum Gasteiger partial charge on any atom is 0.433 e. The van der Waals surface area contributed by atoms with E-state index in [1.807, 2.05) is 0 Å². The summed E-state index contributed by atoms with van der Waals surface area (Å²) in [4.78, 5) is 29.8. The summed E-state index contributed by atoms with van der Waals surface area (Å²) in [5, 5.41) is 1.51. The molecule has 0 saturated heterocycles. The number of nitrogens with zero attached hydrogens (tertiary/aromatic N) is 1. The zero-order valence-electron chi connectivity index (χ0n) is 14.3. The summed E-state index contributed by atoms with van der Waals surface area (Å²) < 4.78 is 68.5. The van der Waals surface area contributed by atoms with E-state index in [2.05, 4.69) is 20.0 Å². The number of ether oxygens (including phenoxy) is 1. The fraction of sp³-hybridized carbons (Fsp3) is 0.118. The molecule has 1 aromatic carbocycles. The third-order valence-corrected chi connectivity index (χ3v) is 4.46. The molecule has 0 radical (unpaired) electrons. The van der Waals surface area contributed by atoms with Gasteiger partial charge in [0.05, 0.1) is 10.7 Å². The molecule has 158 valence electrons. The van der Waals surface area contributed by atoms with E-state index < -0.39 is 46.2 Å². The lowest BCUT2D eigenvalue weighted by molar-refractivity contribution is -0.140. The van der Waals surface area contributed by atoms with Gasteiger partial charge in [-0.15, -0.1) is 0 Å². The standard InChI is InChI=1S/C17H8Cl2F5N3O3/c18-8-5-25-15(29)11(19)13(8)27-14(28)7-1-3-9(30-16(20)21)12-6(7)2-4-10(26-12)17(22,23)24/h1-5,16H,(H2,25,27,28,29). The van der Waals surface area contributed by atoms with E-state index in [1.54, 1.807) is 0 Å². The van der Waals surface area contributed by atoms with E-state index in [9.17, 15) is 31.5 Å². The predicted molar refractivity (Wildman–Crippen MR) is 98.4 cm³/mol. The second-order valence-electron chi connectivity index (χ2n) is 5.69. The zero-order chi connectivity index (χ0) is 22.2. The van der Waals surface area contributed by atoms with Crippen molar-refractivity contribution in [3.05, 3.63) is 62.1 Å². The van der Waals surface area contributed by atoms with Crippen LogP contribution in [0.5, 0.6) is 5.75 Å². The molecular formula is C17H8Cl2F5N3O3. The van der Waals surface area contributed by atoms with Gasteiger partial charge in [0, 0.05) is 17.1 Å². The van der Waals surface area contributed by atoms with E-state index >= 15 is 0 Å². The second-order valence-corrected chi connectivity index (χ2v) is 6.47. The van der Waals surface area contributed by atoms with Crippen LogP contribution in [0, 0.1) is 0 Å². The fourth-order valence-corrected chi connectivity index (χ4v) is 2.97. The molecule has 0 spiro atoms. The summed E-state index contributed by atoms with van der Waals surface area (Å²) in [6.45, 7) is -3.34. The predicted octanol–water partition coefficient (Wildman–Crippen LogP) is 5.10. The highest BCUT2D eigenvalue weighted by atomic mass is 35.5. The molecule has 0 saturated carbocycles. The van der Waals surface area contributed by atoms with Gasteiger partial charge in [-0.05, 0) is 24.3 Å². The number of H-pyrrole nitrogens is 1. The van der Waals surface area contributed by atoms with Gasteiger partial charge in [-0.3, -0.25) is 9.59 Å². The van der Waals surface area contributed by atoms with Gasteiger partial charge in [0.15, 0.2) is 5.75 Å². The van der Waals surface area contributed by atoms with Crippen LogP contribution in [-0.2, 0) is 6.18 Å². The Morgan fingerprint density at radius 1 is 1.17 bits per heavy atom. The van der Waals surface area contributed by atoms with Gasteiger partial charge in [0.1, 0.15) is 16.2 Å². The van der Waals surface area contributed by atoms with E-state index in [0.29, 0.717) is 6.07 Å². The molecule has 0 fully saturated rings. The Labute approximate surface area is 173 Å². The number of alkyl halides is 5. The number of amides is 1. The van der Waals surface area contributed by atoms with Crippen LogP contribution in [0.15, 0.2) is 35.3 Å². The van der Waals surface area contributed by atoms with Crippen LogP contribution in [0.25, 0.3) is 10.9 Å². The van der Waals surface area contributed by atoms with Crippen molar-refractivity contribution in [1.29, 1.82) is 0 Å². The van der Waals surface area contributed by atoms with Crippen molar-refractivity contribution in [2.45, 2.75) is 12.8 Å². The first-order valence-electron chi connectivity index (χ1n) is 7.83. The number of nitrogens with one attached hydrogen (secondary N) is 2. The van der Waals surface area contributed by atoms with E-state index in [1.165, 1.54) is 0 Å². The molecule has 0 unspecified atom stereocenters. The van der Waals surface area contributed by atoms with E-state index in [-0.39, 0.29) is 21.7 Å². The van der Waals surface area contributed by atoms with Gasteiger partial charge in [0.25, 0.3) is 11.5 Å². The maximum atomic E-state index is 13.0.